The lowest BCUT2D eigenvalue weighted by molar-refractivity contribution is -0.348. The molecule has 6 aliphatic rings. The van der Waals surface area contributed by atoms with Crippen molar-refractivity contribution in [1.29, 1.82) is 0 Å². The van der Waals surface area contributed by atoms with Gasteiger partial charge < -0.3 is 71.9 Å². The largest absolute Gasteiger partial charge is 0.508 e. The number of rotatable bonds is 16. The van der Waals surface area contributed by atoms with E-state index in [0.29, 0.717) is 6.42 Å². The Kier molecular flexibility index (Phi) is 13.8. The van der Waals surface area contributed by atoms with Crippen molar-refractivity contribution in [3.63, 3.8) is 0 Å². The summed E-state index contributed by atoms with van der Waals surface area (Å²) in [5, 5.41) is 5.06. The molecule has 0 aromatic carbocycles. The zero-order chi connectivity index (χ0) is 43.6. The number of unbranched alkanes of at least 4 members (excludes halogenated alkanes) is 5. The summed E-state index contributed by atoms with van der Waals surface area (Å²) >= 11 is 0. The summed E-state index contributed by atoms with van der Waals surface area (Å²) in [6, 6.07) is -2.03. The van der Waals surface area contributed by atoms with Gasteiger partial charge in [0.2, 0.25) is 0 Å². The van der Waals surface area contributed by atoms with E-state index in [1.165, 1.54) is 0 Å². The van der Waals surface area contributed by atoms with Crippen LogP contribution in [0.15, 0.2) is 0 Å². The van der Waals surface area contributed by atoms with Gasteiger partial charge in [-0.15, -0.1) is 0 Å². The SMILES string of the molecule is CCCCCCCCO[C@]1(C(=O)OC)C[C@@H]2OC(=O)N[C@H]2[C@H]([C@@H]2OC(=O)OC[C@H]2O[C@]2(C(=O)OC)C[C@@H]3OC(=O)N[C@H]3[C@H]([C@@H]3OC(=O)OC[C@H]3O[Si](C)(C)C(C)(C)C)O2)O1. The standard InChI is InChI=1S/C38H58N2O19Si/c1-9-10-11-12-13-14-15-51-37(30(41)47-5)16-20-24(39-32(43)52-20)28(57-37)26-22(18-49-34(45)54-26)56-38(31(42)48-6)17-21-25(40-33(44)53-21)29(58-38)27-23(19-50-35(46)55-27)59-60(7,8)36(2,3)4/h20-29H,9-19H2,1-8H3,(H,39,43)(H,40,44)/t20-,21-,22+,23+,24+,25+,26+,27+,28+,29+,37+,38+/m0/s1. The van der Waals surface area contributed by atoms with Crippen LogP contribution in [0.25, 0.3) is 0 Å². The van der Waals surface area contributed by atoms with Crippen molar-refractivity contribution in [3.05, 3.63) is 0 Å². The number of hydrogen-bond donors (Lipinski definition) is 2. The van der Waals surface area contributed by atoms with Gasteiger partial charge in [-0.2, -0.15) is 0 Å². The number of cyclic esters (lactones) is 4. The van der Waals surface area contributed by atoms with Crippen molar-refractivity contribution in [2.75, 3.05) is 34.0 Å². The first-order chi connectivity index (χ1) is 28.4. The van der Waals surface area contributed by atoms with E-state index in [-0.39, 0.29) is 24.7 Å². The number of carbonyl (C=O) groups excluding carboxylic acids is 6. The first kappa shape index (κ1) is 45.6. The highest BCUT2D eigenvalue weighted by atomic mass is 28.4. The third-order valence-corrected chi connectivity index (χ3v) is 16.7. The molecule has 60 heavy (non-hydrogen) atoms. The zero-order valence-corrected chi connectivity index (χ0v) is 36.3. The van der Waals surface area contributed by atoms with Gasteiger partial charge >= 0.3 is 36.4 Å². The van der Waals surface area contributed by atoms with Crippen LogP contribution >= 0.6 is 0 Å². The molecule has 0 aliphatic carbocycles. The molecule has 12 atom stereocenters. The zero-order valence-electron chi connectivity index (χ0n) is 35.3. The molecule has 6 rings (SSSR count). The van der Waals surface area contributed by atoms with Crippen LogP contribution in [0.2, 0.25) is 18.1 Å². The van der Waals surface area contributed by atoms with E-state index in [9.17, 15) is 28.8 Å². The molecule has 0 aromatic rings. The molecule has 2 N–H and O–H groups in total. The van der Waals surface area contributed by atoms with Crippen LogP contribution in [0, 0.1) is 0 Å². The average Bonchev–Trinajstić information content (AvgIpc) is 3.77. The van der Waals surface area contributed by atoms with Crippen LogP contribution in [0.1, 0.15) is 79.1 Å². The molecule has 0 bridgehead atoms. The molecule has 0 radical (unpaired) electrons. The van der Waals surface area contributed by atoms with E-state index in [2.05, 4.69) is 17.6 Å². The number of amides is 2. The Labute approximate surface area is 348 Å². The Hall–Kier alpha value is -3.96. The molecular weight excluding hydrogens is 816 g/mol. The Morgan fingerprint density at radius 2 is 1.18 bits per heavy atom. The smallest absolute Gasteiger partial charge is 0.465 e. The van der Waals surface area contributed by atoms with E-state index in [1.54, 1.807) is 0 Å². The molecule has 338 valence electrons. The number of hydrogen-bond acceptors (Lipinski definition) is 19. The van der Waals surface area contributed by atoms with Crippen LogP contribution in [-0.2, 0) is 70.9 Å². The van der Waals surface area contributed by atoms with Gasteiger partial charge in [-0.25, -0.2) is 28.8 Å². The van der Waals surface area contributed by atoms with Gasteiger partial charge in [-0.3, -0.25) is 0 Å². The number of carbonyl (C=O) groups is 6. The first-order valence-corrected chi connectivity index (χ1v) is 23.4. The summed E-state index contributed by atoms with van der Waals surface area (Å²) in [5.41, 5.74) is 0. The lowest BCUT2D eigenvalue weighted by atomic mass is 9.87. The third-order valence-electron chi connectivity index (χ3n) is 12.2. The van der Waals surface area contributed by atoms with Crippen molar-refractivity contribution < 1.29 is 90.0 Å². The summed E-state index contributed by atoms with van der Waals surface area (Å²) in [5.74, 6) is -6.62. The quantitative estimate of drug-likeness (QED) is 0.0975. The maximum absolute atomic E-state index is 14.1. The molecule has 0 saturated carbocycles. The summed E-state index contributed by atoms with van der Waals surface area (Å²) in [6.45, 7) is 11.4. The van der Waals surface area contributed by atoms with Crippen molar-refractivity contribution in [2.24, 2.45) is 0 Å². The van der Waals surface area contributed by atoms with Crippen molar-refractivity contribution in [1.82, 2.24) is 10.6 Å². The van der Waals surface area contributed by atoms with Gasteiger partial charge in [-0.1, -0.05) is 59.8 Å². The van der Waals surface area contributed by atoms with Crippen molar-refractivity contribution in [2.45, 2.75) is 170 Å². The van der Waals surface area contributed by atoms with Crippen LogP contribution < -0.4 is 10.6 Å². The molecule has 6 fully saturated rings. The first-order valence-electron chi connectivity index (χ1n) is 20.5. The molecular formula is C38H58N2O19Si. The molecule has 21 nitrogen and oxygen atoms in total. The van der Waals surface area contributed by atoms with E-state index in [4.69, 9.17) is 61.3 Å². The molecule has 6 heterocycles. The number of fused-ring (bicyclic) bond motifs is 2. The normalized spacial score (nSPS) is 36.4. The fourth-order valence-corrected chi connectivity index (χ4v) is 9.40. The molecule has 6 aliphatic heterocycles. The van der Waals surface area contributed by atoms with Gasteiger partial charge in [0.15, 0.2) is 20.5 Å². The van der Waals surface area contributed by atoms with Crippen LogP contribution in [-0.4, -0.2) is 151 Å². The van der Waals surface area contributed by atoms with Gasteiger partial charge in [-0.05, 0) is 24.6 Å². The summed E-state index contributed by atoms with van der Waals surface area (Å²) in [6.07, 6.45) is -9.28. The van der Waals surface area contributed by atoms with Gasteiger partial charge in [0, 0.05) is 0 Å². The van der Waals surface area contributed by atoms with E-state index >= 15 is 0 Å². The van der Waals surface area contributed by atoms with E-state index < -0.39 is 130 Å². The van der Waals surface area contributed by atoms with E-state index in [0.717, 1.165) is 46.3 Å². The highest BCUT2D eigenvalue weighted by molar-refractivity contribution is 6.74. The van der Waals surface area contributed by atoms with Crippen molar-refractivity contribution in [3.8, 4) is 0 Å². The fraction of sp³-hybridized carbons (Fsp3) is 0.842. The van der Waals surface area contributed by atoms with E-state index in [1.807, 2.05) is 33.9 Å². The van der Waals surface area contributed by atoms with Crippen LogP contribution in [0.4, 0.5) is 19.2 Å². The number of esters is 2. The number of methoxy groups -OCH3 is 2. The second-order valence-electron chi connectivity index (χ2n) is 17.3. The summed E-state index contributed by atoms with van der Waals surface area (Å²) < 4.78 is 75.8. The molecule has 0 spiro atoms. The highest BCUT2D eigenvalue weighted by Crippen LogP contribution is 2.45. The maximum Gasteiger partial charge on any atom is 0.508 e. The van der Waals surface area contributed by atoms with Gasteiger partial charge in [0.1, 0.15) is 49.8 Å². The minimum Gasteiger partial charge on any atom is -0.465 e. The molecule has 22 heteroatoms. The fourth-order valence-electron chi connectivity index (χ4n) is 8.09. The van der Waals surface area contributed by atoms with Crippen LogP contribution in [0.3, 0.4) is 0 Å². The van der Waals surface area contributed by atoms with Gasteiger partial charge in [0.05, 0.1) is 45.8 Å². The third kappa shape index (κ3) is 9.42. The number of alkyl carbamates (subject to hydrolysis) is 2. The van der Waals surface area contributed by atoms with Gasteiger partial charge in [0.25, 0.3) is 11.6 Å². The average molecular weight is 875 g/mol. The Morgan fingerprint density at radius 1 is 0.700 bits per heavy atom. The molecule has 2 amide bonds. The Morgan fingerprint density at radius 3 is 1.73 bits per heavy atom. The summed E-state index contributed by atoms with van der Waals surface area (Å²) in [7, 11) is -0.362. The lowest BCUT2D eigenvalue weighted by Crippen LogP contribution is -2.70. The second kappa shape index (κ2) is 18.2. The number of ether oxygens (including phenoxy) is 12. The minimum absolute atomic E-state index is 0.0765. The lowest BCUT2D eigenvalue weighted by Gasteiger charge is -2.50. The molecule has 0 unspecified atom stereocenters. The second-order valence-corrected chi connectivity index (χ2v) is 22.0. The highest BCUT2D eigenvalue weighted by Gasteiger charge is 2.66. The maximum atomic E-state index is 14.1. The Bertz CT molecular complexity index is 1630. The number of nitrogens with one attached hydrogen (secondary N) is 2. The summed E-state index contributed by atoms with van der Waals surface area (Å²) in [4.78, 5) is 78.8. The molecule has 6 saturated heterocycles. The minimum atomic E-state index is -2.59. The predicted octanol–water partition coefficient (Wildman–Crippen LogP) is 3.48. The predicted molar refractivity (Wildman–Crippen MR) is 202 cm³/mol. The Balaban J connectivity index is 1.33. The topological polar surface area (TPSA) is 246 Å². The monoisotopic (exact) mass is 874 g/mol. The van der Waals surface area contributed by atoms with Crippen molar-refractivity contribution >= 4 is 44.8 Å². The van der Waals surface area contributed by atoms with Crippen LogP contribution in [0.5, 0.6) is 0 Å². The molecule has 0 aromatic heterocycles.